The second-order valence-electron chi connectivity index (χ2n) is 5.27. The van der Waals surface area contributed by atoms with Crippen LogP contribution in [0.3, 0.4) is 0 Å². The Hall–Kier alpha value is -2.06. The lowest BCUT2D eigenvalue weighted by Gasteiger charge is -2.23. The summed E-state index contributed by atoms with van der Waals surface area (Å²) >= 11 is 1.28. The number of hydrogen-bond donors (Lipinski definition) is 3. The van der Waals surface area contributed by atoms with Crippen LogP contribution in [0.5, 0.6) is 0 Å². The van der Waals surface area contributed by atoms with E-state index in [1.807, 2.05) is 30.3 Å². The minimum Gasteiger partial charge on any atom is -0.480 e. The Bertz CT molecular complexity index is 595. The van der Waals surface area contributed by atoms with Gasteiger partial charge in [-0.25, -0.2) is 4.79 Å². The summed E-state index contributed by atoms with van der Waals surface area (Å²) in [5, 5.41) is 14.0. The molecule has 1 saturated heterocycles. The smallest absolute Gasteiger partial charge is 0.331 e. The fraction of sp³-hybridized carbons (Fsp3) is 0.438. The molecule has 0 aromatic heterocycles. The van der Waals surface area contributed by atoms with E-state index in [1.54, 1.807) is 6.92 Å². The fourth-order valence-corrected chi connectivity index (χ4v) is 3.60. The topological polar surface area (TPSA) is 105 Å². The molecular weight excluding hydrogens is 332 g/mol. The zero-order chi connectivity index (χ0) is 17.5. The minimum atomic E-state index is -0.983. The lowest BCUT2D eigenvalue weighted by atomic mass is 10.1. The quantitative estimate of drug-likeness (QED) is 0.610. The van der Waals surface area contributed by atoms with Crippen molar-refractivity contribution in [2.75, 3.05) is 12.4 Å². The summed E-state index contributed by atoms with van der Waals surface area (Å²) in [7, 11) is 0. The Kier molecular flexibility index (Phi) is 6.62. The van der Waals surface area contributed by atoms with Gasteiger partial charge >= 0.3 is 11.9 Å². The first-order valence-corrected chi connectivity index (χ1v) is 8.66. The fourth-order valence-electron chi connectivity index (χ4n) is 2.33. The maximum absolute atomic E-state index is 12.2. The number of nitrogens with one attached hydrogen (secondary N) is 2. The van der Waals surface area contributed by atoms with Gasteiger partial charge in [0.25, 0.3) is 0 Å². The van der Waals surface area contributed by atoms with Crippen LogP contribution in [0.25, 0.3) is 0 Å². The molecule has 0 aliphatic carbocycles. The molecule has 1 amide bonds. The van der Waals surface area contributed by atoms with Gasteiger partial charge in [-0.05, 0) is 12.5 Å². The van der Waals surface area contributed by atoms with E-state index in [1.165, 1.54) is 11.8 Å². The van der Waals surface area contributed by atoms with E-state index in [4.69, 9.17) is 9.84 Å². The molecule has 8 heteroatoms. The van der Waals surface area contributed by atoms with E-state index in [0.717, 1.165) is 5.56 Å². The summed E-state index contributed by atoms with van der Waals surface area (Å²) in [4.78, 5) is 35.4. The van der Waals surface area contributed by atoms with Crippen LogP contribution >= 0.6 is 11.8 Å². The standard InChI is InChI=1S/C16H20N2O5S/c1-2-23-16(22)13(14-17-11(9-24-14)15(20)21)18-12(19)8-10-6-4-3-5-7-10/h3-7,11,13-14,17H,2,8-9H2,1H3,(H,18,19)(H,20,21). The molecule has 7 nitrogen and oxygen atoms in total. The van der Waals surface area contributed by atoms with E-state index < -0.39 is 29.4 Å². The number of amides is 1. The number of esters is 1. The van der Waals surface area contributed by atoms with E-state index in [-0.39, 0.29) is 18.9 Å². The number of aliphatic carboxylic acids is 1. The number of carboxylic acids is 1. The average Bonchev–Trinajstić information content (AvgIpc) is 3.03. The molecule has 1 fully saturated rings. The summed E-state index contributed by atoms with van der Waals surface area (Å²) in [6.45, 7) is 1.86. The molecule has 1 aromatic carbocycles. The van der Waals surface area contributed by atoms with Crippen molar-refractivity contribution in [1.29, 1.82) is 0 Å². The molecule has 0 spiro atoms. The molecule has 0 saturated carbocycles. The van der Waals surface area contributed by atoms with Crippen LogP contribution < -0.4 is 10.6 Å². The van der Waals surface area contributed by atoms with Crippen LogP contribution in [0.2, 0.25) is 0 Å². The maximum Gasteiger partial charge on any atom is 0.331 e. The van der Waals surface area contributed by atoms with Crippen LogP contribution in [0.15, 0.2) is 30.3 Å². The maximum atomic E-state index is 12.2. The van der Waals surface area contributed by atoms with Gasteiger partial charge in [0, 0.05) is 5.75 Å². The first kappa shape index (κ1) is 18.3. The van der Waals surface area contributed by atoms with E-state index in [0.29, 0.717) is 5.75 Å². The average molecular weight is 352 g/mol. The van der Waals surface area contributed by atoms with Gasteiger partial charge < -0.3 is 15.2 Å². The second-order valence-corrected chi connectivity index (χ2v) is 6.45. The van der Waals surface area contributed by atoms with Gasteiger partial charge in [-0.2, -0.15) is 0 Å². The lowest BCUT2D eigenvalue weighted by molar-refractivity contribution is -0.148. The van der Waals surface area contributed by atoms with E-state index in [2.05, 4.69) is 10.6 Å². The van der Waals surface area contributed by atoms with Gasteiger partial charge in [0.05, 0.1) is 18.4 Å². The number of carbonyl (C=O) groups excluding carboxylic acids is 2. The second kappa shape index (κ2) is 8.70. The van der Waals surface area contributed by atoms with Gasteiger partial charge in [0.1, 0.15) is 6.04 Å². The van der Waals surface area contributed by atoms with Crippen LogP contribution in [0.1, 0.15) is 12.5 Å². The number of hydrogen-bond acceptors (Lipinski definition) is 6. The van der Waals surface area contributed by atoms with Crippen molar-refractivity contribution in [2.24, 2.45) is 0 Å². The third-order valence-corrected chi connectivity index (χ3v) is 4.77. The first-order chi connectivity index (χ1) is 11.5. The van der Waals surface area contributed by atoms with Crippen molar-refractivity contribution in [3.63, 3.8) is 0 Å². The minimum absolute atomic E-state index is 0.135. The predicted molar refractivity (Wildman–Crippen MR) is 89.5 cm³/mol. The molecule has 3 atom stereocenters. The Labute approximate surface area is 144 Å². The lowest BCUT2D eigenvalue weighted by Crippen LogP contribution is -2.54. The number of benzene rings is 1. The zero-order valence-corrected chi connectivity index (χ0v) is 14.0. The predicted octanol–water partition coefficient (Wildman–Crippen LogP) is 0.393. The third kappa shape index (κ3) is 4.97. The van der Waals surface area contributed by atoms with Gasteiger partial charge in [-0.3, -0.25) is 14.9 Å². The summed E-state index contributed by atoms with van der Waals surface area (Å²) in [6, 6.07) is 7.48. The van der Waals surface area contributed by atoms with Crippen molar-refractivity contribution in [2.45, 2.75) is 30.8 Å². The normalized spacial score (nSPS) is 21.0. The summed E-state index contributed by atoms with van der Waals surface area (Å²) < 4.78 is 5.01. The Morgan fingerprint density at radius 1 is 1.38 bits per heavy atom. The summed E-state index contributed by atoms with van der Waals surface area (Å²) in [5.41, 5.74) is 0.827. The monoisotopic (exact) mass is 352 g/mol. The van der Waals surface area contributed by atoms with Crippen LogP contribution in [0.4, 0.5) is 0 Å². The summed E-state index contributed by atoms with van der Waals surface area (Å²) in [5.74, 6) is -1.55. The van der Waals surface area contributed by atoms with Crippen molar-refractivity contribution < 1.29 is 24.2 Å². The van der Waals surface area contributed by atoms with Gasteiger partial charge in [0.2, 0.25) is 5.91 Å². The highest BCUT2D eigenvalue weighted by atomic mass is 32.2. The number of carbonyl (C=O) groups is 3. The Balaban J connectivity index is 2.02. The number of carboxylic acid groups (broad SMARTS) is 1. The van der Waals surface area contributed by atoms with Crippen molar-refractivity contribution in [3.8, 4) is 0 Å². The van der Waals surface area contributed by atoms with Crippen molar-refractivity contribution in [1.82, 2.24) is 10.6 Å². The highest BCUT2D eigenvalue weighted by molar-refractivity contribution is 8.00. The molecule has 1 heterocycles. The number of ether oxygens (including phenoxy) is 1. The number of thioether (sulfide) groups is 1. The van der Waals surface area contributed by atoms with Crippen molar-refractivity contribution in [3.05, 3.63) is 35.9 Å². The molecule has 3 N–H and O–H groups in total. The molecule has 0 bridgehead atoms. The van der Waals surface area contributed by atoms with E-state index >= 15 is 0 Å². The molecule has 1 aliphatic rings. The zero-order valence-electron chi connectivity index (χ0n) is 13.2. The van der Waals surface area contributed by atoms with Gasteiger partial charge in [-0.1, -0.05) is 30.3 Å². The molecule has 1 aliphatic heterocycles. The molecule has 1 aromatic rings. The number of rotatable bonds is 7. The third-order valence-electron chi connectivity index (χ3n) is 3.47. The van der Waals surface area contributed by atoms with E-state index in [9.17, 15) is 14.4 Å². The molecular formula is C16H20N2O5S. The SMILES string of the molecule is CCOC(=O)C(NC(=O)Cc1ccccc1)C1NC(C(=O)O)CS1. The largest absolute Gasteiger partial charge is 0.480 e. The van der Waals surface area contributed by atoms with Crippen LogP contribution in [0, 0.1) is 0 Å². The highest BCUT2D eigenvalue weighted by Gasteiger charge is 2.39. The molecule has 0 radical (unpaired) electrons. The van der Waals surface area contributed by atoms with Gasteiger partial charge in [0.15, 0.2) is 6.04 Å². The Morgan fingerprint density at radius 3 is 2.67 bits per heavy atom. The molecule has 130 valence electrons. The highest BCUT2D eigenvalue weighted by Crippen LogP contribution is 2.22. The summed E-state index contributed by atoms with van der Waals surface area (Å²) in [6.07, 6.45) is 0.135. The van der Waals surface area contributed by atoms with Crippen LogP contribution in [-0.2, 0) is 25.5 Å². The Morgan fingerprint density at radius 2 is 2.08 bits per heavy atom. The van der Waals surface area contributed by atoms with Crippen molar-refractivity contribution >= 4 is 29.6 Å². The molecule has 2 rings (SSSR count). The first-order valence-electron chi connectivity index (χ1n) is 7.61. The van der Waals surface area contributed by atoms with Crippen LogP contribution in [-0.4, -0.2) is 52.8 Å². The molecule has 24 heavy (non-hydrogen) atoms. The molecule has 3 unspecified atom stereocenters. The van der Waals surface area contributed by atoms with Gasteiger partial charge in [-0.15, -0.1) is 11.8 Å².